The van der Waals surface area contributed by atoms with Gasteiger partial charge in [0.2, 0.25) is 0 Å². The zero-order chi connectivity index (χ0) is 15.4. The number of hydrogen-bond donors (Lipinski definition) is 1. The first-order valence-corrected chi connectivity index (χ1v) is 7.79. The Bertz CT molecular complexity index is 597. The van der Waals surface area contributed by atoms with E-state index in [0.717, 1.165) is 17.9 Å². The predicted octanol–water partition coefficient (Wildman–Crippen LogP) is 3.34. The molecule has 21 heavy (non-hydrogen) atoms. The largest absolute Gasteiger partial charge is 0.313 e. The molecular weight excluding hydrogens is 335 g/mol. The fourth-order valence-electron chi connectivity index (χ4n) is 2.24. The van der Waals surface area contributed by atoms with E-state index in [-0.39, 0.29) is 11.9 Å². The van der Waals surface area contributed by atoms with Crippen molar-refractivity contribution in [3.8, 4) is 0 Å². The van der Waals surface area contributed by atoms with Crippen LogP contribution in [0.15, 0.2) is 29.0 Å². The third-order valence-corrected chi connectivity index (χ3v) is 3.92. The molecule has 1 atom stereocenters. The first-order valence-electron chi connectivity index (χ1n) is 7.00. The molecule has 1 aromatic heterocycles. The average molecular weight is 355 g/mol. The Hall–Kier alpha value is -1.27. The second-order valence-electron chi connectivity index (χ2n) is 5.47. The average Bonchev–Trinajstić information content (AvgIpc) is 2.85. The fourth-order valence-corrected chi connectivity index (χ4v) is 2.64. The summed E-state index contributed by atoms with van der Waals surface area (Å²) in [7, 11) is 1.89. The van der Waals surface area contributed by atoms with E-state index < -0.39 is 0 Å². The van der Waals surface area contributed by atoms with Crippen LogP contribution in [0, 0.1) is 11.7 Å². The van der Waals surface area contributed by atoms with E-state index in [9.17, 15) is 4.39 Å². The molecule has 0 aliphatic rings. The minimum Gasteiger partial charge on any atom is -0.313 e. The van der Waals surface area contributed by atoms with Crippen molar-refractivity contribution in [2.45, 2.75) is 32.9 Å². The molecule has 2 rings (SSSR count). The minimum atomic E-state index is -0.253. The molecular formula is C15H20BrFN4. The lowest BCUT2D eigenvalue weighted by Gasteiger charge is -2.17. The van der Waals surface area contributed by atoms with Gasteiger partial charge in [-0.1, -0.05) is 19.9 Å². The summed E-state index contributed by atoms with van der Waals surface area (Å²) in [4.78, 5) is 4.35. The first kappa shape index (κ1) is 16.1. The Morgan fingerprint density at radius 2 is 2.14 bits per heavy atom. The minimum absolute atomic E-state index is 0.0667. The molecule has 0 bridgehead atoms. The van der Waals surface area contributed by atoms with Crippen molar-refractivity contribution in [2.24, 2.45) is 5.92 Å². The van der Waals surface area contributed by atoms with E-state index in [1.807, 2.05) is 11.7 Å². The maximum Gasteiger partial charge on any atom is 0.138 e. The van der Waals surface area contributed by atoms with E-state index in [4.69, 9.17) is 0 Å². The third-order valence-electron chi connectivity index (χ3n) is 3.31. The predicted molar refractivity (Wildman–Crippen MR) is 84.5 cm³/mol. The highest BCUT2D eigenvalue weighted by molar-refractivity contribution is 9.10. The van der Waals surface area contributed by atoms with E-state index in [0.29, 0.717) is 16.8 Å². The highest BCUT2D eigenvalue weighted by Gasteiger charge is 2.16. The second kappa shape index (κ2) is 7.13. The van der Waals surface area contributed by atoms with Gasteiger partial charge in [0.15, 0.2) is 0 Å². The molecule has 114 valence electrons. The van der Waals surface area contributed by atoms with Crippen LogP contribution in [0.5, 0.6) is 0 Å². The number of likely N-dealkylation sites (N-methyl/N-ethyl adjacent to an activating group) is 1. The molecule has 0 aliphatic heterocycles. The van der Waals surface area contributed by atoms with Gasteiger partial charge in [0.05, 0.1) is 4.47 Å². The van der Waals surface area contributed by atoms with Gasteiger partial charge in [0.1, 0.15) is 18.0 Å². The summed E-state index contributed by atoms with van der Waals surface area (Å²) in [6.07, 6.45) is 2.30. The summed E-state index contributed by atoms with van der Waals surface area (Å²) in [6.45, 7) is 5.15. The lowest BCUT2D eigenvalue weighted by atomic mass is 10.0. The molecule has 1 N–H and O–H groups in total. The topological polar surface area (TPSA) is 42.7 Å². The Labute approximate surface area is 132 Å². The maximum absolute atomic E-state index is 13.4. The molecule has 1 unspecified atom stereocenters. The molecule has 4 nitrogen and oxygen atoms in total. The van der Waals surface area contributed by atoms with Crippen molar-refractivity contribution in [1.82, 2.24) is 20.1 Å². The molecule has 0 saturated carbocycles. The molecule has 0 amide bonds. The van der Waals surface area contributed by atoms with Crippen LogP contribution < -0.4 is 5.32 Å². The van der Waals surface area contributed by atoms with Crippen LogP contribution in [0.4, 0.5) is 4.39 Å². The highest BCUT2D eigenvalue weighted by atomic mass is 79.9. The number of rotatable bonds is 6. The maximum atomic E-state index is 13.4. The first-order chi connectivity index (χ1) is 10.0. The normalized spacial score (nSPS) is 12.9. The van der Waals surface area contributed by atoms with E-state index in [1.165, 1.54) is 6.07 Å². The van der Waals surface area contributed by atoms with Crippen molar-refractivity contribution in [3.63, 3.8) is 0 Å². The van der Waals surface area contributed by atoms with Crippen LogP contribution in [0.3, 0.4) is 0 Å². The van der Waals surface area contributed by atoms with Gasteiger partial charge < -0.3 is 5.32 Å². The lowest BCUT2D eigenvalue weighted by Crippen LogP contribution is -2.22. The van der Waals surface area contributed by atoms with Gasteiger partial charge >= 0.3 is 0 Å². The van der Waals surface area contributed by atoms with E-state index >= 15 is 0 Å². The molecule has 0 aliphatic carbocycles. The molecule has 0 saturated heterocycles. The monoisotopic (exact) mass is 354 g/mol. The van der Waals surface area contributed by atoms with Gasteiger partial charge in [-0.05, 0) is 46.6 Å². The highest BCUT2D eigenvalue weighted by Crippen LogP contribution is 2.23. The summed E-state index contributed by atoms with van der Waals surface area (Å²) in [5.41, 5.74) is 1.02. The summed E-state index contributed by atoms with van der Waals surface area (Å²) in [6, 6.07) is 5.14. The fraction of sp³-hybridized carbons (Fsp3) is 0.467. The summed E-state index contributed by atoms with van der Waals surface area (Å²) in [5, 5.41) is 7.54. The lowest BCUT2D eigenvalue weighted by molar-refractivity contribution is 0.451. The summed E-state index contributed by atoms with van der Waals surface area (Å²) < 4.78 is 15.8. The Balaban J connectivity index is 2.19. The molecule has 1 heterocycles. The van der Waals surface area contributed by atoms with Gasteiger partial charge in [0.25, 0.3) is 0 Å². The molecule has 0 radical (unpaired) electrons. The van der Waals surface area contributed by atoms with Crippen molar-refractivity contribution in [2.75, 3.05) is 7.05 Å². The van der Waals surface area contributed by atoms with E-state index in [1.54, 1.807) is 18.5 Å². The molecule has 0 fully saturated rings. The molecule has 2 aromatic rings. The van der Waals surface area contributed by atoms with Gasteiger partial charge in [-0.25, -0.2) is 14.1 Å². The zero-order valence-electron chi connectivity index (χ0n) is 12.5. The number of benzene rings is 1. The Morgan fingerprint density at radius 1 is 1.38 bits per heavy atom. The summed E-state index contributed by atoms with van der Waals surface area (Å²) in [5.74, 6) is 1.19. The Kier molecular flexibility index (Phi) is 5.47. The third kappa shape index (κ3) is 4.11. The number of nitrogens with zero attached hydrogens (tertiary/aromatic N) is 3. The molecule has 1 aromatic carbocycles. The number of nitrogens with one attached hydrogen (secondary N) is 1. The molecule has 6 heteroatoms. The standard InChI is InChI=1S/C15H20BrFN4/c1-10(2)8-21-15(19-9-20-21)7-14(18-3)11-4-5-13(17)12(16)6-11/h4-6,9-10,14,18H,7-8H2,1-3H3. The van der Waals surface area contributed by atoms with Crippen molar-refractivity contribution in [3.05, 3.63) is 46.2 Å². The van der Waals surface area contributed by atoms with Crippen molar-refractivity contribution < 1.29 is 4.39 Å². The van der Waals surface area contributed by atoms with Crippen LogP contribution in [0.25, 0.3) is 0 Å². The van der Waals surface area contributed by atoms with Crippen molar-refractivity contribution in [1.29, 1.82) is 0 Å². The Morgan fingerprint density at radius 3 is 2.76 bits per heavy atom. The van der Waals surface area contributed by atoms with Crippen LogP contribution in [-0.4, -0.2) is 21.8 Å². The van der Waals surface area contributed by atoms with Crippen LogP contribution >= 0.6 is 15.9 Å². The number of hydrogen-bond acceptors (Lipinski definition) is 3. The van der Waals surface area contributed by atoms with Gasteiger partial charge in [0, 0.05) is 19.0 Å². The van der Waals surface area contributed by atoms with Gasteiger partial charge in [-0.15, -0.1) is 0 Å². The van der Waals surface area contributed by atoms with Gasteiger partial charge in [-0.3, -0.25) is 0 Å². The van der Waals surface area contributed by atoms with Crippen LogP contribution in [0.1, 0.15) is 31.3 Å². The van der Waals surface area contributed by atoms with Crippen LogP contribution in [0.2, 0.25) is 0 Å². The quantitative estimate of drug-likeness (QED) is 0.864. The second-order valence-corrected chi connectivity index (χ2v) is 6.33. The molecule has 0 spiro atoms. The summed E-state index contributed by atoms with van der Waals surface area (Å²) >= 11 is 3.23. The van der Waals surface area contributed by atoms with Gasteiger partial charge in [-0.2, -0.15) is 5.10 Å². The van der Waals surface area contributed by atoms with Crippen molar-refractivity contribution >= 4 is 15.9 Å². The zero-order valence-corrected chi connectivity index (χ0v) is 14.1. The number of halogens is 2. The van der Waals surface area contributed by atoms with Crippen LogP contribution in [-0.2, 0) is 13.0 Å². The number of aromatic nitrogens is 3. The smallest absolute Gasteiger partial charge is 0.138 e. The SMILES string of the molecule is CNC(Cc1ncnn1CC(C)C)c1ccc(F)c(Br)c1. The van der Waals surface area contributed by atoms with E-state index in [2.05, 4.69) is 45.2 Å².